The molecular formula is C18H25N9O3S. The van der Waals surface area contributed by atoms with E-state index in [0.717, 1.165) is 0 Å². The van der Waals surface area contributed by atoms with Crippen molar-refractivity contribution in [1.82, 2.24) is 18.8 Å². The van der Waals surface area contributed by atoms with Gasteiger partial charge >= 0.3 is 0 Å². The Morgan fingerprint density at radius 1 is 1.39 bits per heavy atom. The van der Waals surface area contributed by atoms with Gasteiger partial charge in [-0.2, -0.15) is 10.2 Å². The van der Waals surface area contributed by atoms with E-state index in [0.29, 0.717) is 55.9 Å². The number of piperidine rings is 1. The number of hydrogen-bond acceptors (Lipinski definition) is 8. The Bertz CT molecular complexity index is 1190. The number of nitrogens with two attached hydrogens (primary N) is 2. The van der Waals surface area contributed by atoms with Crippen LogP contribution in [0.5, 0.6) is 0 Å². The monoisotopic (exact) mass is 447 g/mol. The van der Waals surface area contributed by atoms with Crippen LogP contribution in [-0.4, -0.2) is 65.1 Å². The lowest BCUT2D eigenvalue weighted by molar-refractivity contribution is 0.331. The smallest absolute Gasteiger partial charge is 0.270 e. The molecule has 1 aliphatic rings. The summed E-state index contributed by atoms with van der Waals surface area (Å²) in [5.41, 5.74) is 10.6. The molecule has 3 rings (SSSR count). The largest absolute Gasteiger partial charge is 0.370 e. The molecule has 1 fully saturated rings. The predicted octanol–water partition coefficient (Wildman–Crippen LogP) is -0.837. The van der Waals surface area contributed by atoms with Crippen molar-refractivity contribution in [2.24, 2.45) is 16.5 Å². The first kappa shape index (κ1) is 22.4. The number of hydrogen-bond donors (Lipinski definition) is 3. The summed E-state index contributed by atoms with van der Waals surface area (Å²) < 4.78 is 26.2. The van der Waals surface area contributed by atoms with Crippen LogP contribution in [0.1, 0.15) is 24.8 Å². The molecule has 0 bridgehead atoms. The number of nitrogens with one attached hydrogen (secondary N) is 1. The lowest BCUT2D eigenvalue weighted by Gasteiger charge is -2.30. The minimum Gasteiger partial charge on any atom is -0.370 e. The first-order valence-corrected chi connectivity index (χ1v) is 11.6. The van der Waals surface area contributed by atoms with E-state index in [9.17, 15) is 18.5 Å². The molecular weight excluding hydrogens is 422 g/mol. The Morgan fingerprint density at radius 2 is 2.10 bits per heavy atom. The van der Waals surface area contributed by atoms with Crippen LogP contribution >= 0.6 is 0 Å². The molecule has 31 heavy (non-hydrogen) atoms. The van der Waals surface area contributed by atoms with Crippen LogP contribution in [0, 0.1) is 11.3 Å². The Labute approximate surface area is 179 Å². The molecule has 0 amide bonds. The Morgan fingerprint density at radius 3 is 2.71 bits per heavy atom. The van der Waals surface area contributed by atoms with Crippen molar-refractivity contribution < 1.29 is 8.42 Å². The Balaban J connectivity index is 1.83. The second-order valence-corrected chi connectivity index (χ2v) is 9.32. The third kappa shape index (κ3) is 5.47. The predicted molar refractivity (Wildman–Crippen MR) is 117 cm³/mol. The van der Waals surface area contributed by atoms with Gasteiger partial charge in [-0.1, -0.05) is 0 Å². The van der Waals surface area contributed by atoms with E-state index in [2.05, 4.69) is 20.3 Å². The normalized spacial score (nSPS) is 15.5. The number of nitriles is 1. The summed E-state index contributed by atoms with van der Waals surface area (Å²) in [6.07, 6.45) is 4.48. The number of anilines is 1. The van der Waals surface area contributed by atoms with Crippen molar-refractivity contribution in [2.45, 2.75) is 31.8 Å². The van der Waals surface area contributed by atoms with Crippen LogP contribution in [0.2, 0.25) is 0 Å². The average Bonchev–Trinajstić information content (AvgIpc) is 2.72. The summed E-state index contributed by atoms with van der Waals surface area (Å²) in [7, 11) is -3.20. The van der Waals surface area contributed by atoms with Gasteiger partial charge in [-0.05, 0) is 25.3 Å². The lowest BCUT2D eigenvalue weighted by Crippen LogP contribution is -2.42. The van der Waals surface area contributed by atoms with Crippen LogP contribution in [-0.2, 0) is 16.6 Å². The van der Waals surface area contributed by atoms with Crippen LogP contribution in [0.4, 0.5) is 5.95 Å². The maximum absolute atomic E-state index is 12.7. The van der Waals surface area contributed by atoms with Crippen molar-refractivity contribution in [3.05, 3.63) is 28.2 Å². The number of nitrogens with zero attached hydrogens (tertiary/aromatic N) is 6. The maximum Gasteiger partial charge on any atom is 0.270 e. The van der Waals surface area contributed by atoms with E-state index in [1.54, 1.807) is 6.20 Å². The fourth-order valence-electron chi connectivity index (χ4n) is 3.47. The highest BCUT2D eigenvalue weighted by molar-refractivity contribution is 7.88. The molecule has 0 aromatic carbocycles. The van der Waals surface area contributed by atoms with E-state index in [1.807, 2.05) is 6.07 Å². The Kier molecular flexibility index (Phi) is 6.71. The number of sulfonamides is 1. The second kappa shape index (κ2) is 9.27. The minimum atomic E-state index is -3.20. The molecule has 0 radical (unpaired) electrons. The molecule has 1 aliphatic heterocycles. The van der Waals surface area contributed by atoms with Gasteiger partial charge in [-0.25, -0.2) is 17.7 Å². The first-order chi connectivity index (χ1) is 14.7. The van der Waals surface area contributed by atoms with Crippen molar-refractivity contribution in [2.75, 3.05) is 31.2 Å². The highest BCUT2D eigenvalue weighted by atomic mass is 32.2. The Hall–Kier alpha value is -3.24. The van der Waals surface area contributed by atoms with Gasteiger partial charge < -0.3 is 16.8 Å². The van der Waals surface area contributed by atoms with Gasteiger partial charge in [-0.3, -0.25) is 14.4 Å². The summed E-state index contributed by atoms with van der Waals surface area (Å²) in [6, 6.07) is 3.39. The van der Waals surface area contributed by atoms with Gasteiger partial charge in [-0.15, -0.1) is 0 Å². The summed E-state index contributed by atoms with van der Waals surface area (Å²) in [4.78, 5) is 25.4. The van der Waals surface area contributed by atoms with E-state index in [-0.39, 0.29) is 24.1 Å². The van der Waals surface area contributed by atoms with E-state index >= 15 is 0 Å². The molecule has 0 aliphatic carbocycles. The number of aryl methyl sites for hydroxylation is 1. The highest BCUT2D eigenvalue weighted by Crippen LogP contribution is 2.18. The summed E-state index contributed by atoms with van der Waals surface area (Å²) in [6.45, 7) is 1.46. The maximum atomic E-state index is 12.7. The third-order valence-corrected chi connectivity index (χ3v) is 6.34. The molecule has 12 nitrogen and oxygen atoms in total. The number of rotatable bonds is 7. The average molecular weight is 448 g/mol. The fraction of sp³-hybridized carbons (Fsp3) is 0.500. The van der Waals surface area contributed by atoms with Crippen molar-refractivity contribution in [3.63, 3.8) is 0 Å². The van der Waals surface area contributed by atoms with Gasteiger partial charge in [0.2, 0.25) is 16.0 Å². The van der Waals surface area contributed by atoms with Crippen LogP contribution in [0.3, 0.4) is 0 Å². The zero-order chi connectivity index (χ0) is 22.6. The highest BCUT2D eigenvalue weighted by Gasteiger charge is 2.25. The number of aliphatic imine (C=N–C) groups is 1. The van der Waals surface area contributed by atoms with Gasteiger partial charge in [0.15, 0.2) is 5.96 Å². The van der Waals surface area contributed by atoms with E-state index in [4.69, 9.17) is 11.5 Å². The van der Waals surface area contributed by atoms with Gasteiger partial charge in [0.1, 0.15) is 17.3 Å². The summed E-state index contributed by atoms with van der Waals surface area (Å²) in [5, 5.41) is 13.1. The number of fused-ring (bicyclic) bond motifs is 1. The molecule has 13 heteroatoms. The summed E-state index contributed by atoms with van der Waals surface area (Å²) in [5.74, 6) is 0.311. The van der Waals surface area contributed by atoms with E-state index < -0.39 is 15.6 Å². The molecule has 0 spiro atoms. The van der Waals surface area contributed by atoms with E-state index in [1.165, 1.54) is 21.2 Å². The molecule has 166 valence electrons. The molecule has 0 atom stereocenters. The number of pyridine rings is 1. The van der Waals surface area contributed by atoms with Crippen LogP contribution < -0.4 is 22.3 Å². The standard InChI is InChI=1S/C18H25N9O3S/c1-31(29,30)26-7-3-14(4-8-26)24-18-23-11-13-9-12(10-19)16(28)27(15(13)25-18)6-2-5-22-17(20)21/h9,11,14H,2-8H2,1H3,(H4,20,21,22)(H,23,24,25). The van der Waals surface area contributed by atoms with Gasteiger partial charge in [0.25, 0.3) is 5.56 Å². The fourth-order valence-corrected chi connectivity index (χ4v) is 4.34. The van der Waals surface area contributed by atoms with Crippen LogP contribution in [0.15, 0.2) is 22.1 Å². The molecule has 1 saturated heterocycles. The van der Waals surface area contributed by atoms with Crippen LogP contribution in [0.25, 0.3) is 11.0 Å². The zero-order valence-corrected chi connectivity index (χ0v) is 18.0. The zero-order valence-electron chi connectivity index (χ0n) is 17.2. The molecule has 5 N–H and O–H groups in total. The number of guanidine groups is 1. The quantitative estimate of drug-likeness (QED) is 0.276. The lowest BCUT2D eigenvalue weighted by atomic mass is 10.1. The number of aromatic nitrogens is 3. The minimum absolute atomic E-state index is 0.00629. The molecule has 0 saturated carbocycles. The molecule has 2 aromatic heterocycles. The summed E-state index contributed by atoms with van der Waals surface area (Å²) >= 11 is 0. The first-order valence-electron chi connectivity index (χ1n) is 9.77. The van der Waals surface area contributed by atoms with Crippen molar-refractivity contribution in [3.8, 4) is 6.07 Å². The van der Waals surface area contributed by atoms with Gasteiger partial charge in [0, 0.05) is 43.8 Å². The molecule has 2 aromatic rings. The third-order valence-electron chi connectivity index (χ3n) is 5.04. The molecule has 0 unspecified atom stereocenters. The van der Waals surface area contributed by atoms with Crippen molar-refractivity contribution in [1.29, 1.82) is 5.26 Å². The van der Waals surface area contributed by atoms with Gasteiger partial charge in [0.05, 0.1) is 6.26 Å². The topological polar surface area (TPSA) is 185 Å². The van der Waals surface area contributed by atoms with Crippen molar-refractivity contribution >= 4 is 33.0 Å². The second-order valence-electron chi connectivity index (χ2n) is 7.34. The molecule has 3 heterocycles. The SMILES string of the molecule is CS(=O)(=O)N1CCC(Nc2ncc3cc(C#N)c(=O)n(CCCN=C(N)N)c3n2)CC1.